The predicted octanol–water partition coefficient (Wildman–Crippen LogP) is 4.22. The topological polar surface area (TPSA) is 57.8 Å². The summed E-state index contributed by atoms with van der Waals surface area (Å²) < 4.78 is 7.38. The number of benzene rings is 1. The first-order valence-corrected chi connectivity index (χ1v) is 9.30. The fraction of sp³-hybridized carbons (Fsp3) is 0.368. The van der Waals surface area contributed by atoms with E-state index in [-0.39, 0.29) is 0 Å². The molecule has 0 atom stereocenters. The number of hydrazone groups is 1. The summed E-state index contributed by atoms with van der Waals surface area (Å²) in [5.41, 5.74) is 3.37. The van der Waals surface area contributed by atoms with Crippen LogP contribution in [-0.4, -0.2) is 36.9 Å². The van der Waals surface area contributed by atoms with Crippen LogP contribution in [0.2, 0.25) is 0 Å². The molecule has 1 aliphatic heterocycles. The molecule has 1 saturated heterocycles. The smallest absolute Gasteiger partial charge is 0.150 e. The van der Waals surface area contributed by atoms with Gasteiger partial charge >= 0.3 is 0 Å². The van der Waals surface area contributed by atoms with Crippen LogP contribution in [0.1, 0.15) is 41.8 Å². The molecule has 5 nitrogen and oxygen atoms in total. The number of hydrogen-bond donors (Lipinski definition) is 1. The molecule has 0 saturated carbocycles. The molecular weight excluding hydrogens is 334 g/mol. The van der Waals surface area contributed by atoms with Crippen LogP contribution >= 0.6 is 11.9 Å². The molecule has 1 aromatic heterocycles. The van der Waals surface area contributed by atoms with Gasteiger partial charge in [-0.2, -0.15) is 5.10 Å². The second-order valence-corrected chi connectivity index (χ2v) is 6.79. The van der Waals surface area contributed by atoms with E-state index in [0.717, 1.165) is 17.6 Å². The molecule has 1 N–H and O–H groups in total. The van der Waals surface area contributed by atoms with Crippen LogP contribution in [0.4, 0.5) is 0 Å². The van der Waals surface area contributed by atoms with Crippen molar-refractivity contribution in [3.63, 3.8) is 0 Å². The molecule has 0 bridgehead atoms. The molecule has 0 amide bonds. The third-order valence-electron chi connectivity index (χ3n) is 3.68. The van der Waals surface area contributed by atoms with Gasteiger partial charge in [0.2, 0.25) is 0 Å². The van der Waals surface area contributed by atoms with E-state index in [4.69, 9.17) is 4.42 Å². The minimum Gasteiger partial charge on any atom is -0.463 e. The van der Waals surface area contributed by atoms with Gasteiger partial charge in [-0.25, -0.2) is 4.31 Å². The first-order chi connectivity index (χ1) is 12.3. The molecule has 6 heteroatoms. The molecule has 3 rings (SSSR count). The van der Waals surface area contributed by atoms with Gasteiger partial charge in [0.1, 0.15) is 12.0 Å². The third-order valence-corrected chi connectivity index (χ3v) is 4.79. The van der Waals surface area contributed by atoms with Crippen molar-refractivity contribution in [2.45, 2.75) is 30.6 Å². The summed E-state index contributed by atoms with van der Waals surface area (Å²) >= 11 is 1.81. The summed E-state index contributed by atoms with van der Waals surface area (Å²) in [6.07, 6.45) is 9.44. The first-order valence-electron chi connectivity index (χ1n) is 8.53. The minimum absolute atomic E-state index is 0.750. The van der Waals surface area contributed by atoms with Gasteiger partial charge in [0.25, 0.3) is 0 Å². The van der Waals surface area contributed by atoms with E-state index in [1.807, 2.05) is 48.3 Å². The standard InChI is InChI=1S/C13H17NOS.C6H8N2O/c15-11-12-5-7-13(8-6-12)16-14-9-3-1-2-4-10-14;1-7-8-5-6-3-2-4-9-6/h5-8,11H,1-4,9-10H2;2-5,7H,1H3/b;8-5-. The van der Waals surface area contributed by atoms with Gasteiger partial charge in [-0.1, -0.05) is 25.0 Å². The number of carbonyl (C=O) groups is 1. The van der Waals surface area contributed by atoms with Crippen LogP contribution < -0.4 is 5.43 Å². The maximum absolute atomic E-state index is 10.5. The number of nitrogens with one attached hydrogen (secondary N) is 1. The van der Waals surface area contributed by atoms with Gasteiger partial charge in [0, 0.05) is 30.6 Å². The van der Waals surface area contributed by atoms with Crippen LogP contribution in [0, 0.1) is 0 Å². The molecular formula is C19H25N3O2S. The van der Waals surface area contributed by atoms with Crippen LogP contribution in [0.3, 0.4) is 0 Å². The fourth-order valence-electron chi connectivity index (χ4n) is 2.38. The van der Waals surface area contributed by atoms with Gasteiger partial charge in [-0.05, 0) is 49.1 Å². The van der Waals surface area contributed by atoms with Gasteiger partial charge in [0.05, 0.1) is 12.5 Å². The number of hydrogen-bond acceptors (Lipinski definition) is 6. The van der Waals surface area contributed by atoms with Gasteiger partial charge in [-0.3, -0.25) is 4.79 Å². The van der Waals surface area contributed by atoms with E-state index in [0.29, 0.717) is 0 Å². The summed E-state index contributed by atoms with van der Waals surface area (Å²) in [5, 5.41) is 3.75. The molecule has 0 spiro atoms. The van der Waals surface area contributed by atoms with E-state index >= 15 is 0 Å². The Balaban J connectivity index is 0.000000212. The molecule has 25 heavy (non-hydrogen) atoms. The van der Waals surface area contributed by atoms with Gasteiger partial charge < -0.3 is 9.84 Å². The van der Waals surface area contributed by atoms with E-state index < -0.39 is 0 Å². The third kappa shape index (κ3) is 7.58. The average molecular weight is 359 g/mol. The van der Waals surface area contributed by atoms with E-state index in [1.165, 1.54) is 43.7 Å². The molecule has 1 aliphatic rings. The summed E-state index contributed by atoms with van der Waals surface area (Å²) in [6, 6.07) is 11.5. The second kappa shape index (κ2) is 11.5. The average Bonchev–Trinajstić information content (AvgIpc) is 3.05. The highest BCUT2D eigenvalue weighted by molar-refractivity contribution is 7.97. The lowest BCUT2D eigenvalue weighted by molar-refractivity contribution is 0.112. The van der Waals surface area contributed by atoms with Crippen molar-refractivity contribution in [1.82, 2.24) is 9.73 Å². The fourth-order valence-corrected chi connectivity index (χ4v) is 3.38. The molecule has 1 fully saturated rings. The van der Waals surface area contributed by atoms with Crippen LogP contribution in [0.15, 0.2) is 57.1 Å². The van der Waals surface area contributed by atoms with Crippen molar-refractivity contribution >= 4 is 24.4 Å². The number of aldehydes is 1. The highest BCUT2D eigenvalue weighted by atomic mass is 32.2. The molecule has 1 aromatic carbocycles. The molecule has 0 radical (unpaired) electrons. The summed E-state index contributed by atoms with van der Waals surface area (Å²) in [5.74, 6) is 0.754. The Morgan fingerprint density at radius 1 is 1.12 bits per heavy atom. The molecule has 134 valence electrons. The van der Waals surface area contributed by atoms with Crippen molar-refractivity contribution in [3.05, 3.63) is 54.0 Å². The van der Waals surface area contributed by atoms with Crippen molar-refractivity contribution in [3.8, 4) is 0 Å². The van der Waals surface area contributed by atoms with Gasteiger partial charge in [0.15, 0.2) is 0 Å². The predicted molar refractivity (Wildman–Crippen MR) is 103 cm³/mol. The van der Waals surface area contributed by atoms with Crippen molar-refractivity contribution < 1.29 is 9.21 Å². The van der Waals surface area contributed by atoms with Crippen LogP contribution in [-0.2, 0) is 0 Å². The lowest BCUT2D eigenvalue weighted by atomic mass is 10.2. The number of rotatable bonds is 5. The highest BCUT2D eigenvalue weighted by Gasteiger charge is 2.10. The van der Waals surface area contributed by atoms with Gasteiger partial charge in [-0.15, -0.1) is 0 Å². The maximum atomic E-state index is 10.5. The van der Waals surface area contributed by atoms with Crippen molar-refractivity contribution in [1.29, 1.82) is 0 Å². The van der Waals surface area contributed by atoms with E-state index in [9.17, 15) is 4.79 Å². The Bertz CT molecular complexity index is 619. The van der Waals surface area contributed by atoms with E-state index in [2.05, 4.69) is 14.8 Å². The summed E-state index contributed by atoms with van der Waals surface area (Å²) in [4.78, 5) is 11.8. The maximum Gasteiger partial charge on any atom is 0.150 e. The lowest BCUT2D eigenvalue weighted by Gasteiger charge is -2.18. The lowest BCUT2D eigenvalue weighted by Crippen LogP contribution is -2.15. The number of nitrogens with zero attached hydrogens (tertiary/aromatic N) is 2. The Labute approximate surface area is 153 Å². The Kier molecular flexibility index (Phi) is 8.86. The highest BCUT2D eigenvalue weighted by Crippen LogP contribution is 2.25. The molecule has 2 heterocycles. The SMILES string of the molecule is CN/N=C\c1ccco1.O=Cc1ccc(SN2CCCCCC2)cc1. The van der Waals surface area contributed by atoms with Crippen LogP contribution in [0.5, 0.6) is 0 Å². The van der Waals surface area contributed by atoms with Crippen LogP contribution in [0.25, 0.3) is 0 Å². The monoisotopic (exact) mass is 359 g/mol. The largest absolute Gasteiger partial charge is 0.463 e. The number of carbonyl (C=O) groups excluding carboxylic acids is 1. The Morgan fingerprint density at radius 3 is 2.40 bits per heavy atom. The Morgan fingerprint density at radius 2 is 1.84 bits per heavy atom. The molecule has 0 unspecified atom stereocenters. The molecule has 2 aromatic rings. The summed E-state index contributed by atoms with van der Waals surface area (Å²) in [7, 11) is 1.74. The zero-order chi connectivity index (χ0) is 17.7. The second-order valence-electron chi connectivity index (χ2n) is 5.62. The zero-order valence-corrected chi connectivity index (χ0v) is 15.4. The van der Waals surface area contributed by atoms with E-state index in [1.54, 1.807) is 19.5 Å². The zero-order valence-electron chi connectivity index (χ0n) is 14.6. The minimum atomic E-state index is 0.750. The molecule has 0 aliphatic carbocycles. The number of furan rings is 1. The summed E-state index contributed by atoms with van der Waals surface area (Å²) in [6.45, 7) is 2.36. The van der Waals surface area contributed by atoms with Crippen molar-refractivity contribution in [2.75, 3.05) is 20.1 Å². The first kappa shape index (κ1) is 19.3. The van der Waals surface area contributed by atoms with Crippen molar-refractivity contribution in [2.24, 2.45) is 5.10 Å². The normalized spacial score (nSPS) is 15.2. The quantitative estimate of drug-likeness (QED) is 0.375. The Hall–Kier alpha value is -2.05.